The van der Waals surface area contributed by atoms with Crippen LogP contribution in [0.4, 0.5) is 0 Å². The van der Waals surface area contributed by atoms with E-state index in [9.17, 15) is 4.79 Å². The number of carbonyl (C=O) groups excluding carboxylic acids is 1. The Morgan fingerprint density at radius 2 is 2.11 bits per heavy atom. The minimum absolute atomic E-state index is 0.127. The summed E-state index contributed by atoms with van der Waals surface area (Å²) in [5.74, 6) is 0.393. The van der Waals surface area contributed by atoms with Crippen molar-refractivity contribution in [1.29, 1.82) is 0 Å². The number of benzene rings is 1. The third-order valence-electron chi connectivity index (χ3n) is 3.60. The smallest absolute Gasteiger partial charge is 0.242 e. The highest BCUT2D eigenvalue weighted by atomic mass is 16.5. The molecule has 0 spiro atoms. The fraction of sp³-hybridized carbons (Fsp3) is 0.533. The second-order valence-electron chi connectivity index (χ2n) is 5.54. The van der Waals surface area contributed by atoms with Crippen LogP contribution in [0.3, 0.4) is 0 Å². The molecule has 1 heterocycles. The van der Waals surface area contributed by atoms with Crippen molar-refractivity contribution in [1.82, 2.24) is 5.32 Å². The van der Waals surface area contributed by atoms with Gasteiger partial charge in [-0.3, -0.25) is 4.79 Å². The number of hydrogen-bond acceptors (Lipinski definition) is 3. The van der Waals surface area contributed by atoms with E-state index in [1.165, 1.54) is 5.56 Å². The molecule has 19 heavy (non-hydrogen) atoms. The lowest BCUT2D eigenvalue weighted by Gasteiger charge is -2.20. The van der Waals surface area contributed by atoms with E-state index < -0.39 is 5.54 Å². The third-order valence-corrected chi connectivity index (χ3v) is 3.60. The summed E-state index contributed by atoms with van der Waals surface area (Å²) in [6.07, 6.45) is 0.588. The molecule has 4 nitrogen and oxygen atoms in total. The predicted octanol–water partition coefficient (Wildman–Crippen LogP) is 1.54. The van der Waals surface area contributed by atoms with Crippen LogP contribution in [0.25, 0.3) is 0 Å². The number of nitrogens with two attached hydrogens (primary N) is 1. The van der Waals surface area contributed by atoms with E-state index in [4.69, 9.17) is 10.5 Å². The number of hydrogen-bond donors (Lipinski definition) is 2. The van der Waals surface area contributed by atoms with Crippen LogP contribution in [0, 0.1) is 0 Å². The van der Waals surface area contributed by atoms with Gasteiger partial charge in [0.1, 0.15) is 5.54 Å². The van der Waals surface area contributed by atoms with Crippen molar-refractivity contribution >= 4 is 5.91 Å². The fourth-order valence-electron chi connectivity index (χ4n) is 2.14. The van der Waals surface area contributed by atoms with Crippen LogP contribution in [0.2, 0.25) is 0 Å². The predicted molar refractivity (Wildman–Crippen MR) is 74.7 cm³/mol. The molecule has 1 aliphatic rings. The molecule has 1 fully saturated rings. The first kappa shape index (κ1) is 14.0. The molecule has 0 bridgehead atoms. The highest BCUT2D eigenvalue weighted by Crippen LogP contribution is 2.17. The van der Waals surface area contributed by atoms with E-state index in [2.05, 4.69) is 31.3 Å². The maximum absolute atomic E-state index is 12.0. The van der Waals surface area contributed by atoms with Crippen LogP contribution in [-0.2, 0) is 16.1 Å². The number of amides is 1. The summed E-state index contributed by atoms with van der Waals surface area (Å²) in [5.41, 5.74) is 7.53. The molecule has 3 N–H and O–H groups in total. The average Bonchev–Trinajstić information content (AvgIpc) is 2.84. The number of rotatable bonds is 4. The van der Waals surface area contributed by atoms with Gasteiger partial charge in [0.25, 0.3) is 0 Å². The lowest BCUT2D eigenvalue weighted by atomic mass is 9.99. The first-order valence-corrected chi connectivity index (χ1v) is 6.75. The lowest BCUT2D eigenvalue weighted by molar-refractivity contribution is -0.126. The molecule has 0 radical (unpaired) electrons. The zero-order chi connectivity index (χ0) is 13.9. The Morgan fingerprint density at radius 1 is 1.42 bits per heavy atom. The van der Waals surface area contributed by atoms with Crippen LogP contribution >= 0.6 is 0 Å². The summed E-state index contributed by atoms with van der Waals surface area (Å²) in [6.45, 7) is 5.71. The Morgan fingerprint density at radius 3 is 2.63 bits per heavy atom. The van der Waals surface area contributed by atoms with Gasteiger partial charge in [-0.15, -0.1) is 0 Å². The molecule has 1 unspecified atom stereocenters. The van der Waals surface area contributed by atoms with Crippen LogP contribution < -0.4 is 11.1 Å². The van der Waals surface area contributed by atoms with Crippen molar-refractivity contribution in [2.75, 3.05) is 13.2 Å². The van der Waals surface area contributed by atoms with Crippen LogP contribution in [0.15, 0.2) is 24.3 Å². The summed E-state index contributed by atoms with van der Waals surface area (Å²) in [6, 6.07) is 8.29. The SMILES string of the molecule is CC(C)c1ccc(CNC(=O)C2(N)CCOC2)cc1. The van der Waals surface area contributed by atoms with Gasteiger partial charge in [0.05, 0.1) is 6.61 Å². The molecule has 104 valence electrons. The normalized spacial score (nSPS) is 22.7. The van der Waals surface area contributed by atoms with Crippen molar-refractivity contribution in [3.8, 4) is 0 Å². The molecule has 1 aliphatic heterocycles. The second-order valence-corrected chi connectivity index (χ2v) is 5.54. The molecule has 2 rings (SSSR count). The summed E-state index contributed by atoms with van der Waals surface area (Å²) in [4.78, 5) is 12.0. The molecule has 0 saturated carbocycles. The highest BCUT2D eigenvalue weighted by Gasteiger charge is 2.37. The monoisotopic (exact) mass is 262 g/mol. The zero-order valence-corrected chi connectivity index (χ0v) is 11.6. The van der Waals surface area contributed by atoms with Crippen molar-refractivity contribution in [3.05, 3.63) is 35.4 Å². The zero-order valence-electron chi connectivity index (χ0n) is 11.6. The van der Waals surface area contributed by atoms with E-state index in [-0.39, 0.29) is 5.91 Å². The Balaban J connectivity index is 1.90. The van der Waals surface area contributed by atoms with Gasteiger partial charge in [-0.25, -0.2) is 0 Å². The van der Waals surface area contributed by atoms with Crippen LogP contribution in [0.5, 0.6) is 0 Å². The van der Waals surface area contributed by atoms with E-state index in [1.54, 1.807) is 0 Å². The van der Waals surface area contributed by atoms with E-state index in [1.807, 2.05) is 12.1 Å². The van der Waals surface area contributed by atoms with E-state index in [0.717, 1.165) is 5.56 Å². The number of ether oxygens (including phenoxy) is 1. The van der Waals surface area contributed by atoms with E-state index >= 15 is 0 Å². The maximum atomic E-state index is 12.0. The summed E-state index contributed by atoms with van der Waals surface area (Å²) in [7, 11) is 0. The minimum Gasteiger partial charge on any atom is -0.379 e. The molecule has 1 aromatic rings. The van der Waals surface area contributed by atoms with Crippen molar-refractivity contribution in [3.63, 3.8) is 0 Å². The van der Waals surface area contributed by atoms with Gasteiger partial charge in [0.15, 0.2) is 0 Å². The minimum atomic E-state index is -0.849. The standard InChI is InChI=1S/C15H22N2O2/c1-11(2)13-5-3-12(4-6-13)9-17-14(18)15(16)7-8-19-10-15/h3-6,11H,7-10,16H2,1-2H3,(H,17,18). The fourth-order valence-corrected chi connectivity index (χ4v) is 2.14. The molecule has 1 amide bonds. The van der Waals surface area contributed by atoms with Gasteiger partial charge < -0.3 is 15.8 Å². The molecule has 0 aliphatic carbocycles. The quantitative estimate of drug-likeness (QED) is 0.865. The van der Waals surface area contributed by atoms with Crippen molar-refractivity contribution in [2.24, 2.45) is 5.73 Å². The third kappa shape index (κ3) is 3.33. The Labute approximate surface area is 114 Å². The first-order valence-electron chi connectivity index (χ1n) is 6.75. The maximum Gasteiger partial charge on any atom is 0.242 e. The largest absolute Gasteiger partial charge is 0.379 e. The van der Waals surface area contributed by atoms with E-state index in [0.29, 0.717) is 32.1 Å². The number of carbonyl (C=O) groups is 1. The summed E-state index contributed by atoms with van der Waals surface area (Å²) < 4.78 is 5.19. The van der Waals surface area contributed by atoms with Gasteiger partial charge in [0.2, 0.25) is 5.91 Å². The summed E-state index contributed by atoms with van der Waals surface area (Å²) >= 11 is 0. The Bertz CT molecular complexity index is 434. The molecule has 1 atom stereocenters. The highest BCUT2D eigenvalue weighted by molar-refractivity contribution is 5.86. The summed E-state index contributed by atoms with van der Waals surface area (Å²) in [5, 5.41) is 2.89. The Hall–Kier alpha value is -1.39. The van der Waals surface area contributed by atoms with Gasteiger partial charge >= 0.3 is 0 Å². The van der Waals surface area contributed by atoms with Crippen molar-refractivity contribution in [2.45, 2.75) is 38.3 Å². The average molecular weight is 262 g/mol. The molecule has 4 heteroatoms. The molecular weight excluding hydrogens is 240 g/mol. The lowest BCUT2D eigenvalue weighted by Crippen LogP contribution is -2.54. The topological polar surface area (TPSA) is 64.4 Å². The molecule has 1 aromatic carbocycles. The van der Waals surface area contributed by atoms with Crippen LogP contribution in [0.1, 0.15) is 37.3 Å². The molecular formula is C15H22N2O2. The van der Waals surface area contributed by atoms with Crippen molar-refractivity contribution < 1.29 is 9.53 Å². The second kappa shape index (κ2) is 5.72. The van der Waals surface area contributed by atoms with Crippen LogP contribution in [-0.4, -0.2) is 24.7 Å². The van der Waals surface area contributed by atoms with Gasteiger partial charge in [-0.1, -0.05) is 38.1 Å². The Kier molecular flexibility index (Phi) is 4.22. The number of nitrogens with one attached hydrogen (secondary N) is 1. The first-order chi connectivity index (χ1) is 9.01. The van der Waals surface area contributed by atoms with Gasteiger partial charge in [-0.2, -0.15) is 0 Å². The molecule has 1 saturated heterocycles. The van der Waals surface area contributed by atoms with Gasteiger partial charge in [0, 0.05) is 13.2 Å². The molecule has 0 aromatic heterocycles. The van der Waals surface area contributed by atoms with Gasteiger partial charge in [-0.05, 0) is 23.5 Å².